The maximum absolute atomic E-state index is 3.53. The highest BCUT2D eigenvalue weighted by molar-refractivity contribution is 5.27. The molecular weight excluding hydrogens is 256 g/mol. The lowest BCUT2D eigenvalue weighted by atomic mass is 10.0. The Labute approximate surface area is 130 Å². The van der Waals surface area contributed by atoms with Crippen LogP contribution in [0.25, 0.3) is 0 Å². The molecule has 1 aliphatic rings. The summed E-state index contributed by atoms with van der Waals surface area (Å²) in [4.78, 5) is 2.71. The third-order valence-electron chi connectivity index (χ3n) is 4.30. The summed E-state index contributed by atoms with van der Waals surface area (Å²) in [6.45, 7) is 10.2. The first-order chi connectivity index (χ1) is 10.2. The van der Waals surface area contributed by atoms with Gasteiger partial charge in [-0.25, -0.2) is 0 Å². The molecule has 2 heteroatoms. The lowest BCUT2D eigenvalue weighted by Gasteiger charge is -2.23. The van der Waals surface area contributed by atoms with E-state index in [0.717, 1.165) is 25.6 Å². The van der Waals surface area contributed by atoms with Crippen LogP contribution in [0.1, 0.15) is 57.6 Å². The van der Waals surface area contributed by atoms with Gasteiger partial charge in [0.25, 0.3) is 0 Å². The second kappa shape index (κ2) is 8.55. The van der Waals surface area contributed by atoms with Crippen LogP contribution in [0.3, 0.4) is 0 Å². The normalized spacial score (nSPS) is 15.1. The second-order valence-electron chi connectivity index (χ2n) is 6.68. The summed E-state index contributed by atoms with van der Waals surface area (Å²) in [6, 6.07) is 10.4. The van der Waals surface area contributed by atoms with Crippen LogP contribution in [0.15, 0.2) is 24.3 Å². The van der Waals surface area contributed by atoms with Gasteiger partial charge < -0.3 is 5.32 Å². The van der Waals surface area contributed by atoms with Gasteiger partial charge in [0, 0.05) is 18.6 Å². The van der Waals surface area contributed by atoms with Crippen LogP contribution in [0.4, 0.5) is 0 Å². The van der Waals surface area contributed by atoms with E-state index in [1.165, 1.54) is 43.4 Å². The molecule has 0 aromatic heterocycles. The lowest BCUT2D eigenvalue weighted by Crippen LogP contribution is -2.28. The number of unbranched alkanes of at least 4 members (excludes halogenated alkanes) is 1. The van der Waals surface area contributed by atoms with E-state index in [1.54, 1.807) is 0 Å². The molecule has 1 fully saturated rings. The molecule has 0 radical (unpaired) electrons. The van der Waals surface area contributed by atoms with Gasteiger partial charge in [0.2, 0.25) is 0 Å². The Hall–Kier alpha value is -0.860. The molecule has 0 saturated heterocycles. The Kier molecular flexibility index (Phi) is 6.72. The Bertz CT molecular complexity index is 410. The van der Waals surface area contributed by atoms with Crippen molar-refractivity contribution < 1.29 is 0 Å². The topological polar surface area (TPSA) is 15.3 Å². The van der Waals surface area contributed by atoms with Gasteiger partial charge in [-0.1, -0.05) is 51.5 Å². The molecule has 0 aliphatic heterocycles. The fourth-order valence-electron chi connectivity index (χ4n) is 2.86. The SMILES string of the molecule is CCCCN(Cc1ccccc1CCNC(C)C)C1CC1. The molecule has 1 aromatic carbocycles. The molecule has 2 nitrogen and oxygen atoms in total. The summed E-state index contributed by atoms with van der Waals surface area (Å²) in [5.74, 6) is 0. The van der Waals surface area contributed by atoms with Crippen LogP contribution in [-0.4, -0.2) is 30.1 Å². The van der Waals surface area contributed by atoms with Gasteiger partial charge in [-0.3, -0.25) is 4.90 Å². The maximum atomic E-state index is 3.53. The van der Waals surface area contributed by atoms with Crippen molar-refractivity contribution in [3.63, 3.8) is 0 Å². The summed E-state index contributed by atoms with van der Waals surface area (Å²) >= 11 is 0. The lowest BCUT2D eigenvalue weighted by molar-refractivity contribution is 0.250. The number of hydrogen-bond donors (Lipinski definition) is 1. The molecule has 21 heavy (non-hydrogen) atoms. The highest BCUT2D eigenvalue weighted by Gasteiger charge is 2.28. The minimum absolute atomic E-state index is 0.574. The van der Waals surface area contributed by atoms with Crippen molar-refractivity contribution in [2.75, 3.05) is 13.1 Å². The highest BCUT2D eigenvalue weighted by atomic mass is 15.2. The van der Waals surface area contributed by atoms with E-state index in [1.807, 2.05) is 0 Å². The first-order valence-electron chi connectivity index (χ1n) is 8.75. The molecule has 1 saturated carbocycles. The van der Waals surface area contributed by atoms with E-state index in [0.29, 0.717) is 6.04 Å². The summed E-state index contributed by atoms with van der Waals surface area (Å²) in [5.41, 5.74) is 3.05. The average Bonchev–Trinajstić information content (AvgIpc) is 3.29. The monoisotopic (exact) mass is 288 g/mol. The van der Waals surface area contributed by atoms with Crippen LogP contribution in [0.5, 0.6) is 0 Å². The molecule has 0 amide bonds. The van der Waals surface area contributed by atoms with E-state index < -0.39 is 0 Å². The summed E-state index contributed by atoms with van der Waals surface area (Å²) in [5, 5.41) is 3.53. The van der Waals surface area contributed by atoms with Gasteiger partial charge in [0.1, 0.15) is 0 Å². The predicted octanol–water partition coefficient (Wildman–Crippen LogP) is 3.99. The smallest absolute Gasteiger partial charge is 0.0239 e. The number of benzene rings is 1. The Morgan fingerprint density at radius 2 is 1.90 bits per heavy atom. The Balaban J connectivity index is 1.94. The van der Waals surface area contributed by atoms with Gasteiger partial charge in [-0.05, 0) is 49.9 Å². The second-order valence-corrected chi connectivity index (χ2v) is 6.68. The van der Waals surface area contributed by atoms with Gasteiger partial charge >= 0.3 is 0 Å². The van der Waals surface area contributed by atoms with Crippen molar-refractivity contribution >= 4 is 0 Å². The van der Waals surface area contributed by atoms with Crippen molar-refractivity contribution in [3.05, 3.63) is 35.4 Å². The number of rotatable bonds is 10. The van der Waals surface area contributed by atoms with E-state index in [9.17, 15) is 0 Å². The predicted molar refractivity (Wildman–Crippen MR) is 91.6 cm³/mol. The number of hydrogen-bond acceptors (Lipinski definition) is 2. The van der Waals surface area contributed by atoms with Crippen molar-refractivity contribution in [1.82, 2.24) is 10.2 Å². The Morgan fingerprint density at radius 3 is 2.52 bits per heavy atom. The molecule has 2 rings (SSSR count). The molecule has 118 valence electrons. The fraction of sp³-hybridized carbons (Fsp3) is 0.684. The highest BCUT2D eigenvalue weighted by Crippen LogP contribution is 2.29. The summed E-state index contributed by atoms with van der Waals surface area (Å²) in [6.07, 6.45) is 6.57. The van der Waals surface area contributed by atoms with Crippen LogP contribution in [-0.2, 0) is 13.0 Å². The minimum atomic E-state index is 0.574. The van der Waals surface area contributed by atoms with Crippen molar-refractivity contribution in [1.29, 1.82) is 0 Å². The van der Waals surface area contributed by atoms with E-state index >= 15 is 0 Å². The molecule has 0 unspecified atom stereocenters. The quantitative estimate of drug-likeness (QED) is 0.700. The van der Waals surface area contributed by atoms with E-state index in [4.69, 9.17) is 0 Å². The zero-order valence-corrected chi connectivity index (χ0v) is 14.1. The third-order valence-corrected chi connectivity index (χ3v) is 4.30. The Morgan fingerprint density at radius 1 is 1.19 bits per heavy atom. The van der Waals surface area contributed by atoms with E-state index in [-0.39, 0.29) is 0 Å². The van der Waals surface area contributed by atoms with Gasteiger partial charge in [-0.15, -0.1) is 0 Å². The molecule has 1 N–H and O–H groups in total. The van der Waals surface area contributed by atoms with Crippen LogP contribution in [0.2, 0.25) is 0 Å². The maximum Gasteiger partial charge on any atom is 0.0239 e. The molecule has 0 atom stereocenters. The fourth-order valence-corrected chi connectivity index (χ4v) is 2.86. The third kappa shape index (κ3) is 5.80. The molecule has 0 bridgehead atoms. The van der Waals surface area contributed by atoms with Gasteiger partial charge in [0.05, 0.1) is 0 Å². The minimum Gasteiger partial charge on any atom is -0.314 e. The zero-order valence-electron chi connectivity index (χ0n) is 14.1. The standard InChI is InChI=1S/C19H32N2/c1-4-5-14-21(19-10-11-19)15-18-9-7-6-8-17(18)12-13-20-16(2)3/h6-9,16,19-20H,4-5,10-15H2,1-3H3. The summed E-state index contributed by atoms with van der Waals surface area (Å²) < 4.78 is 0. The first kappa shape index (κ1) is 16.5. The molecule has 0 heterocycles. The first-order valence-corrected chi connectivity index (χ1v) is 8.75. The molecule has 0 spiro atoms. The molecule has 1 aliphatic carbocycles. The van der Waals surface area contributed by atoms with Crippen LogP contribution < -0.4 is 5.32 Å². The summed E-state index contributed by atoms with van der Waals surface area (Å²) in [7, 11) is 0. The molecular formula is C19H32N2. The van der Waals surface area contributed by atoms with Crippen molar-refractivity contribution in [3.8, 4) is 0 Å². The van der Waals surface area contributed by atoms with Crippen LogP contribution >= 0.6 is 0 Å². The zero-order chi connectivity index (χ0) is 15.1. The van der Waals surface area contributed by atoms with Gasteiger partial charge in [-0.2, -0.15) is 0 Å². The average molecular weight is 288 g/mol. The number of nitrogens with one attached hydrogen (secondary N) is 1. The van der Waals surface area contributed by atoms with Gasteiger partial charge in [0.15, 0.2) is 0 Å². The van der Waals surface area contributed by atoms with E-state index in [2.05, 4.69) is 55.3 Å². The van der Waals surface area contributed by atoms with Crippen LogP contribution in [0, 0.1) is 0 Å². The van der Waals surface area contributed by atoms with Crippen molar-refractivity contribution in [2.24, 2.45) is 0 Å². The molecule has 1 aromatic rings. The van der Waals surface area contributed by atoms with Crippen molar-refractivity contribution in [2.45, 2.75) is 71.5 Å². The number of nitrogens with zero attached hydrogens (tertiary/aromatic N) is 1. The largest absolute Gasteiger partial charge is 0.314 e.